The third-order valence-corrected chi connectivity index (χ3v) is 5.55. The second-order valence-electron chi connectivity index (χ2n) is 8.29. The Labute approximate surface area is 176 Å². The van der Waals surface area contributed by atoms with Crippen molar-refractivity contribution in [3.8, 4) is 17.0 Å². The van der Waals surface area contributed by atoms with Gasteiger partial charge >= 0.3 is 5.69 Å². The molecule has 4 rings (SSSR count). The van der Waals surface area contributed by atoms with Gasteiger partial charge in [0.1, 0.15) is 0 Å². The van der Waals surface area contributed by atoms with Crippen LogP contribution in [0.5, 0.6) is 5.88 Å². The molecule has 0 spiro atoms. The minimum Gasteiger partial charge on any atom is -0.493 e. The third kappa shape index (κ3) is 3.65. The van der Waals surface area contributed by atoms with Crippen molar-refractivity contribution in [1.82, 2.24) is 14.0 Å². The number of benzene rings is 2. The Balaban J connectivity index is 1.53. The van der Waals surface area contributed by atoms with E-state index in [0.717, 1.165) is 34.4 Å². The van der Waals surface area contributed by atoms with Crippen LogP contribution in [-0.2, 0) is 19.6 Å². The van der Waals surface area contributed by atoms with Gasteiger partial charge in [0, 0.05) is 25.2 Å². The molecule has 1 aliphatic rings. The highest BCUT2D eigenvalue weighted by atomic mass is 16.3. The molecule has 0 bridgehead atoms. The van der Waals surface area contributed by atoms with Gasteiger partial charge in [-0.25, -0.2) is 4.79 Å². The fourth-order valence-electron chi connectivity index (χ4n) is 4.08. The van der Waals surface area contributed by atoms with Crippen molar-refractivity contribution in [2.24, 2.45) is 5.92 Å². The lowest BCUT2D eigenvalue weighted by Crippen LogP contribution is -2.27. The molecule has 2 heterocycles. The first kappa shape index (κ1) is 20.0. The summed E-state index contributed by atoms with van der Waals surface area (Å²) in [6.45, 7) is 8.35. The van der Waals surface area contributed by atoms with Gasteiger partial charge in [-0.2, -0.15) is 0 Å². The number of fused-ring (bicyclic) bond motifs is 1. The van der Waals surface area contributed by atoms with Crippen LogP contribution in [0.2, 0.25) is 0 Å². The molecule has 2 aromatic carbocycles. The van der Waals surface area contributed by atoms with Crippen molar-refractivity contribution in [2.75, 3.05) is 6.54 Å². The highest BCUT2D eigenvalue weighted by Crippen LogP contribution is 2.29. The van der Waals surface area contributed by atoms with Crippen LogP contribution < -0.4 is 5.69 Å². The number of rotatable bonds is 6. The molecular weight excluding hydrogens is 378 g/mol. The summed E-state index contributed by atoms with van der Waals surface area (Å²) >= 11 is 0. The van der Waals surface area contributed by atoms with Crippen LogP contribution in [-0.4, -0.2) is 31.6 Å². The SMILES string of the molecule is CCn1c(O)cn(Cc2ccc(-c3ccc4c(c3)CN(CC(C)C)C4=O)cc2)c1=O. The second-order valence-corrected chi connectivity index (χ2v) is 8.29. The lowest BCUT2D eigenvalue weighted by molar-refractivity contribution is 0.0760. The number of carbonyl (C=O) groups excluding carboxylic acids is 1. The largest absolute Gasteiger partial charge is 0.493 e. The summed E-state index contributed by atoms with van der Waals surface area (Å²) < 4.78 is 2.85. The maximum atomic E-state index is 12.6. The minimum atomic E-state index is -0.215. The van der Waals surface area contributed by atoms with Gasteiger partial charge in [-0.15, -0.1) is 0 Å². The predicted molar refractivity (Wildman–Crippen MR) is 117 cm³/mol. The molecule has 1 aliphatic heterocycles. The van der Waals surface area contributed by atoms with Crippen LogP contribution in [0.4, 0.5) is 0 Å². The van der Waals surface area contributed by atoms with E-state index in [2.05, 4.69) is 19.9 Å². The highest BCUT2D eigenvalue weighted by molar-refractivity contribution is 5.99. The predicted octanol–water partition coefficient (Wildman–Crippen LogP) is 3.70. The van der Waals surface area contributed by atoms with E-state index in [4.69, 9.17) is 0 Å². The van der Waals surface area contributed by atoms with Crippen LogP contribution in [0.25, 0.3) is 11.1 Å². The summed E-state index contributed by atoms with van der Waals surface area (Å²) in [6.07, 6.45) is 1.47. The average Bonchev–Trinajstić information content (AvgIpc) is 3.17. The highest BCUT2D eigenvalue weighted by Gasteiger charge is 2.27. The zero-order valence-corrected chi connectivity index (χ0v) is 17.6. The standard InChI is InChI=1S/C24H27N3O3/c1-4-27-22(28)15-26(24(27)30)13-17-5-7-18(8-6-17)19-9-10-21-20(11-19)14-25(23(21)29)12-16(2)3/h5-11,15-16,28H,4,12-14H2,1-3H3. The first-order chi connectivity index (χ1) is 14.4. The molecular formula is C24H27N3O3. The second kappa shape index (κ2) is 7.86. The maximum Gasteiger partial charge on any atom is 0.331 e. The summed E-state index contributed by atoms with van der Waals surface area (Å²) in [5.74, 6) is 0.547. The molecule has 0 fully saturated rings. The smallest absolute Gasteiger partial charge is 0.331 e. The topological polar surface area (TPSA) is 67.5 Å². The summed E-state index contributed by atoms with van der Waals surface area (Å²) in [5, 5.41) is 9.86. The lowest BCUT2D eigenvalue weighted by Gasteiger charge is -2.17. The molecule has 30 heavy (non-hydrogen) atoms. The molecule has 1 aromatic heterocycles. The van der Waals surface area contributed by atoms with Gasteiger partial charge in [0.2, 0.25) is 5.88 Å². The zero-order chi connectivity index (χ0) is 21.4. The van der Waals surface area contributed by atoms with Gasteiger partial charge in [0.15, 0.2) is 0 Å². The van der Waals surface area contributed by atoms with Crippen LogP contribution in [0, 0.1) is 5.92 Å². The first-order valence-corrected chi connectivity index (χ1v) is 10.4. The summed E-state index contributed by atoms with van der Waals surface area (Å²) in [6, 6.07) is 14.1. The summed E-state index contributed by atoms with van der Waals surface area (Å²) in [5.41, 5.74) is 4.78. The minimum absolute atomic E-state index is 0.0154. The molecule has 0 radical (unpaired) electrons. The summed E-state index contributed by atoms with van der Waals surface area (Å²) in [4.78, 5) is 26.7. The Morgan fingerprint density at radius 1 is 1.03 bits per heavy atom. The summed E-state index contributed by atoms with van der Waals surface area (Å²) in [7, 11) is 0. The van der Waals surface area contributed by atoms with E-state index in [1.54, 1.807) is 0 Å². The van der Waals surface area contributed by atoms with Gasteiger partial charge in [0.05, 0.1) is 12.7 Å². The molecule has 156 valence electrons. The number of hydrogen-bond acceptors (Lipinski definition) is 3. The van der Waals surface area contributed by atoms with E-state index in [1.807, 2.05) is 48.2 Å². The monoisotopic (exact) mass is 405 g/mol. The molecule has 0 saturated carbocycles. The Morgan fingerprint density at radius 2 is 1.73 bits per heavy atom. The fourth-order valence-corrected chi connectivity index (χ4v) is 4.08. The molecule has 0 atom stereocenters. The number of hydrogen-bond donors (Lipinski definition) is 1. The number of carbonyl (C=O) groups is 1. The average molecular weight is 405 g/mol. The van der Waals surface area contributed by atoms with E-state index in [0.29, 0.717) is 25.6 Å². The van der Waals surface area contributed by atoms with Crippen LogP contribution in [0.1, 0.15) is 42.3 Å². The van der Waals surface area contributed by atoms with Crippen molar-refractivity contribution in [3.05, 3.63) is 75.8 Å². The van der Waals surface area contributed by atoms with Crippen LogP contribution in [0.15, 0.2) is 53.5 Å². The fraction of sp³-hybridized carbons (Fsp3) is 0.333. The van der Waals surface area contributed by atoms with Crippen molar-refractivity contribution < 1.29 is 9.90 Å². The number of aromatic nitrogens is 2. The van der Waals surface area contributed by atoms with Crippen LogP contribution >= 0.6 is 0 Å². The maximum absolute atomic E-state index is 12.6. The Morgan fingerprint density at radius 3 is 2.37 bits per heavy atom. The van der Waals surface area contributed by atoms with E-state index >= 15 is 0 Å². The molecule has 1 amide bonds. The van der Waals surface area contributed by atoms with E-state index in [-0.39, 0.29) is 17.5 Å². The van der Waals surface area contributed by atoms with Gasteiger partial charge in [-0.3, -0.25) is 13.9 Å². The third-order valence-electron chi connectivity index (χ3n) is 5.55. The first-order valence-electron chi connectivity index (χ1n) is 10.4. The Hall–Kier alpha value is -3.28. The Kier molecular flexibility index (Phi) is 5.24. The molecule has 6 heteroatoms. The normalized spacial score (nSPS) is 13.3. The van der Waals surface area contributed by atoms with Gasteiger partial charge in [-0.05, 0) is 47.2 Å². The van der Waals surface area contributed by atoms with Crippen molar-refractivity contribution in [2.45, 2.75) is 40.4 Å². The van der Waals surface area contributed by atoms with Crippen LogP contribution in [0.3, 0.4) is 0 Å². The Bertz CT molecular complexity index is 1140. The van der Waals surface area contributed by atoms with Gasteiger partial charge in [0.25, 0.3) is 5.91 Å². The molecule has 0 unspecified atom stereocenters. The van der Waals surface area contributed by atoms with E-state index in [9.17, 15) is 14.7 Å². The number of aromatic hydroxyl groups is 1. The van der Waals surface area contributed by atoms with Gasteiger partial charge in [-0.1, -0.05) is 44.2 Å². The van der Waals surface area contributed by atoms with E-state index < -0.39 is 0 Å². The molecule has 0 saturated heterocycles. The van der Waals surface area contributed by atoms with Crippen molar-refractivity contribution in [3.63, 3.8) is 0 Å². The van der Waals surface area contributed by atoms with Crippen molar-refractivity contribution >= 4 is 5.91 Å². The van der Waals surface area contributed by atoms with Gasteiger partial charge < -0.3 is 10.0 Å². The molecule has 3 aromatic rings. The molecule has 0 aliphatic carbocycles. The zero-order valence-electron chi connectivity index (χ0n) is 17.6. The lowest BCUT2D eigenvalue weighted by atomic mass is 9.99. The molecule has 6 nitrogen and oxygen atoms in total. The quantitative estimate of drug-likeness (QED) is 0.680. The molecule has 1 N–H and O–H groups in total. The number of amides is 1. The number of imidazole rings is 1. The van der Waals surface area contributed by atoms with Crippen molar-refractivity contribution in [1.29, 1.82) is 0 Å². The number of nitrogens with zero attached hydrogens (tertiary/aromatic N) is 3. The van der Waals surface area contributed by atoms with E-state index in [1.165, 1.54) is 15.3 Å².